The lowest BCUT2D eigenvalue weighted by molar-refractivity contribution is -0.131. The summed E-state index contributed by atoms with van der Waals surface area (Å²) in [6.07, 6.45) is 5.85. The predicted molar refractivity (Wildman–Crippen MR) is 56.6 cm³/mol. The molecule has 1 aliphatic rings. The maximum Gasteiger partial charge on any atom is 0.225 e. The first-order valence-electron chi connectivity index (χ1n) is 5.41. The maximum absolute atomic E-state index is 11.4. The Balaban J connectivity index is 0.000000671. The minimum Gasteiger partial charge on any atom is -0.359 e. The first-order chi connectivity index (χ1) is 6.19. The molecule has 1 N–H and O–H groups in total. The van der Waals surface area contributed by atoms with E-state index in [1.54, 1.807) is 7.05 Å². The van der Waals surface area contributed by atoms with Gasteiger partial charge in [-0.05, 0) is 12.8 Å². The zero-order chi connectivity index (χ0) is 10.3. The monoisotopic (exact) mass is 185 g/mol. The molecule has 0 aromatic heterocycles. The highest BCUT2D eigenvalue weighted by molar-refractivity contribution is 5.81. The molecular weight excluding hydrogens is 162 g/mol. The van der Waals surface area contributed by atoms with E-state index in [1.807, 2.05) is 13.8 Å². The van der Waals surface area contributed by atoms with Gasteiger partial charge in [0.1, 0.15) is 0 Å². The molecule has 0 bridgehead atoms. The number of hydrogen-bond acceptors (Lipinski definition) is 1. The van der Waals surface area contributed by atoms with Gasteiger partial charge >= 0.3 is 0 Å². The predicted octanol–water partition coefficient (Wildman–Crippen LogP) is 2.73. The Morgan fingerprint density at radius 3 is 2.00 bits per heavy atom. The number of carbonyl (C=O) groups is 1. The van der Waals surface area contributed by atoms with E-state index in [1.165, 1.54) is 19.3 Å². The summed E-state index contributed by atoms with van der Waals surface area (Å²) in [5, 5.41) is 2.74. The van der Waals surface area contributed by atoms with E-state index in [0.29, 0.717) is 0 Å². The number of rotatable bonds is 1. The van der Waals surface area contributed by atoms with Crippen molar-refractivity contribution in [2.75, 3.05) is 7.05 Å². The molecule has 0 atom stereocenters. The third-order valence-electron chi connectivity index (χ3n) is 2.73. The highest BCUT2D eigenvalue weighted by atomic mass is 16.2. The van der Waals surface area contributed by atoms with Crippen molar-refractivity contribution in [3.8, 4) is 0 Å². The van der Waals surface area contributed by atoms with E-state index in [4.69, 9.17) is 0 Å². The normalized spacial score (nSPS) is 19.7. The van der Waals surface area contributed by atoms with Gasteiger partial charge in [-0.2, -0.15) is 0 Å². The summed E-state index contributed by atoms with van der Waals surface area (Å²) in [4.78, 5) is 11.4. The summed E-state index contributed by atoms with van der Waals surface area (Å²) in [6.45, 7) is 6.07. The molecule has 1 aliphatic carbocycles. The number of hydrogen-bond donors (Lipinski definition) is 1. The van der Waals surface area contributed by atoms with Crippen molar-refractivity contribution < 1.29 is 4.79 Å². The Morgan fingerprint density at radius 2 is 1.62 bits per heavy atom. The topological polar surface area (TPSA) is 29.1 Å². The zero-order valence-electron chi connectivity index (χ0n) is 9.44. The fraction of sp³-hybridized carbons (Fsp3) is 0.909. The summed E-state index contributed by atoms with van der Waals surface area (Å²) >= 11 is 0. The molecular formula is C11H23NO. The molecule has 2 nitrogen and oxygen atoms in total. The van der Waals surface area contributed by atoms with Crippen LogP contribution in [0.4, 0.5) is 0 Å². The summed E-state index contributed by atoms with van der Waals surface area (Å²) in [6, 6.07) is 0. The fourth-order valence-electron chi connectivity index (χ4n) is 1.86. The van der Waals surface area contributed by atoms with Crippen molar-refractivity contribution in [2.24, 2.45) is 5.41 Å². The average Bonchev–Trinajstić information content (AvgIpc) is 2.21. The number of nitrogens with one attached hydrogen (secondary N) is 1. The molecule has 0 aliphatic heterocycles. The Kier molecular flexibility index (Phi) is 5.76. The van der Waals surface area contributed by atoms with Gasteiger partial charge in [-0.15, -0.1) is 0 Å². The second-order valence-electron chi connectivity index (χ2n) is 3.70. The van der Waals surface area contributed by atoms with Crippen molar-refractivity contribution in [1.82, 2.24) is 5.32 Å². The largest absolute Gasteiger partial charge is 0.359 e. The first kappa shape index (κ1) is 12.5. The highest BCUT2D eigenvalue weighted by Crippen LogP contribution is 2.35. The second kappa shape index (κ2) is 6.01. The van der Waals surface area contributed by atoms with Crippen LogP contribution in [0, 0.1) is 5.41 Å². The van der Waals surface area contributed by atoms with Crippen molar-refractivity contribution in [2.45, 2.75) is 52.9 Å². The molecule has 0 heterocycles. The Hall–Kier alpha value is -0.530. The van der Waals surface area contributed by atoms with Gasteiger partial charge in [0.05, 0.1) is 0 Å². The number of amides is 1. The van der Waals surface area contributed by atoms with Crippen LogP contribution in [0.3, 0.4) is 0 Å². The van der Waals surface area contributed by atoms with Gasteiger partial charge in [0.15, 0.2) is 0 Å². The van der Waals surface area contributed by atoms with E-state index in [-0.39, 0.29) is 11.3 Å². The fourth-order valence-corrected chi connectivity index (χ4v) is 1.86. The van der Waals surface area contributed by atoms with Crippen LogP contribution in [0.25, 0.3) is 0 Å². The standard InChI is InChI=1S/C9H17NO.C2H6/c1-9(8(11)10-2)6-4-3-5-7-9;1-2/h3-7H2,1-2H3,(H,10,11);1-2H3. The molecule has 2 heteroatoms. The zero-order valence-corrected chi connectivity index (χ0v) is 9.44. The minimum atomic E-state index is -0.0625. The molecule has 13 heavy (non-hydrogen) atoms. The van der Waals surface area contributed by atoms with Crippen LogP contribution in [0.15, 0.2) is 0 Å². The molecule has 78 valence electrons. The van der Waals surface area contributed by atoms with Gasteiger partial charge in [0.25, 0.3) is 0 Å². The lowest BCUT2D eigenvalue weighted by Crippen LogP contribution is -2.38. The van der Waals surface area contributed by atoms with Crippen LogP contribution >= 0.6 is 0 Å². The Labute approximate surface area is 82.1 Å². The summed E-state index contributed by atoms with van der Waals surface area (Å²) in [7, 11) is 1.72. The van der Waals surface area contributed by atoms with Crippen LogP contribution in [-0.4, -0.2) is 13.0 Å². The summed E-state index contributed by atoms with van der Waals surface area (Å²) < 4.78 is 0. The van der Waals surface area contributed by atoms with Crippen LogP contribution in [-0.2, 0) is 4.79 Å². The van der Waals surface area contributed by atoms with Crippen LogP contribution in [0.5, 0.6) is 0 Å². The maximum atomic E-state index is 11.4. The molecule has 0 aromatic rings. The van der Waals surface area contributed by atoms with E-state index in [9.17, 15) is 4.79 Å². The molecule has 1 saturated carbocycles. The highest BCUT2D eigenvalue weighted by Gasteiger charge is 2.33. The summed E-state index contributed by atoms with van der Waals surface area (Å²) in [5.74, 6) is 0.220. The Morgan fingerprint density at radius 1 is 1.15 bits per heavy atom. The van der Waals surface area contributed by atoms with E-state index in [2.05, 4.69) is 12.2 Å². The molecule has 1 fully saturated rings. The van der Waals surface area contributed by atoms with Gasteiger partial charge in [-0.25, -0.2) is 0 Å². The van der Waals surface area contributed by atoms with Crippen molar-refractivity contribution >= 4 is 5.91 Å². The second-order valence-corrected chi connectivity index (χ2v) is 3.70. The minimum absolute atomic E-state index is 0.0625. The first-order valence-corrected chi connectivity index (χ1v) is 5.41. The van der Waals surface area contributed by atoms with E-state index < -0.39 is 0 Å². The van der Waals surface area contributed by atoms with Gasteiger partial charge in [-0.1, -0.05) is 40.0 Å². The lowest BCUT2D eigenvalue weighted by Gasteiger charge is -2.31. The van der Waals surface area contributed by atoms with E-state index in [0.717, 1.165) is 12.8 Å². The molecule has 0 unspecified atom stereocenters. The van der Waals surface area contributed by atoms with Crippen LogP contribution < -0.4 is 5.32 Å². The third-order valence-corrected chi connectivity index (χ3v) is 2.73. The number of carbonyl (C=O) groups excluding carboxylic acids is 1. The Bertz CT molecular complexity index is 148. The lowest BCUT2D eigenvalue weighted by atomic mass is 9.75. The molecule has 0 aromatic carbocycles. The molecule has 0 spiro atoms. The van der Waals surface area contributed by atoms with Gasteiger partial charge in [-0.3, -0.25) is 4.79 Å². The molecule has 1 rings (SSSR count). The third kappa shape index (κ3) is 3.37. The smallest absolute Gasteiger partial charge is 0.225 e. The van der Waals surface area contributed by atoms with Crippen LogP contribution in [0.1, 0.15) is 52.9 Å². The van der Waals surface area contributed by atoms with Gasteiger partial charge < -0.3 is 5.32 Å². The molecule has 1 amide bonds. The van der Waals surface area contributed by atoms with E-state index >= 15 is 0 Å². The quantitative estimate of drug-likeness (QED) is 0.668. The van der Waals surface area contributed by atoms with Crippen LogP contribution in [0.2, 0.25) is 0 Å². The van der Waals surface area contributed by atoms with Crippen molar-refractivity contribution in [3.63, 3.8) is 0 Å². The molecule has 0 saturated heterocycles. The van der Waals surface area contributed by atoms with Gasteiger partial charge in [0.2, 0.25) is 5.91 Å². The van der Waals surface area contributed by atoms with Crippen molar-refractivity contribution in [1.29, 1.82) is 0 Å². The van der Waals surface area contributed by atoms with Gasteiger partial charge in [0, 0.05) is 12.5 Å². The summed E-state index contributed by atoms with van der Waals surface area (Å²) in [5.41, 5.74) is -0.0625. The van der Waals surface area contributed by atoms with Crippen molar-refractivity contribution in [3.05, 3.63) is 0 Å². The SMILES string of the molecule is CC.CNC(=O)C1(C)CCCCC1. The average molecular weight is 185 g/mol. The molecule has 0 radical (unpaired) electrons.